The number of hydrogen-bond acceptors (Lipinski definition) is 2. The summed E-state index contributed by atoms with van der Waals surface area (Å²) in [4.78, 5) is 23.6. The molecule has 2 rings (SSSR count). The van der Waals surface area contributed by atoms with Gasteiger partial charge in [-0.15, -0.1) is 0 Å². The quantitative estimate of drug-likeness (QED) is 0.699. The van der Waals surface area contributed by atoms with E-state index in [9.17, 15) is 9.59 Å². The van der Waals surface area contributed by atoms with E-state index < -0.39 is 0 Å². The van der Waals surface area contributed by atoms with Gasteiger partial charge in [-0.25, -0.2) is 0 Å². The van der Waals surface area contributed by atoms with Crippen LogP contribution in [0.2, 0.25) is 0 Å². The normalized spacial score (nSPS) is 36.5. The summed E-state index contributed by atoms with van der Waals surface area (Å²) in [6, 6.07) is 0. The van der Waals surface area contributed by atoms with Gasteiger partial charge in [0.1, 0.15) is 11.6 Å². The Morgan fingerprint density at radius 1 is 1.33 bits per heavy atom. The van der Waals surface area contributed by atoms with Crippen molar-refractivity contribution in [1.82, 2.24) is 0 Å². The average molecular weight is 208 g/mol. The lowest BCUT2D eigenvalue weighted by Gasteiger charge is -2.45. The molecule has 0 spiro atoms. The Kier molecular flexibility index (Phi) is 2.94. The molecule has 84 valence electrons. The van der Waals surface area contributed by atoms with Gasteiger partial charge in [-0.05, 0) is 31.6 Å². The van der Waals surface area contributed by atoms with Gasteiger partial charge in [0.2, 0.25) is 0 Å². The molecular weight excluding hydrogens is 188 g/mol. The smallest absolute Gasteiger partial charge is 0.139 e. The van der Waals surface area contributed by atoms with Crippen molar-refractivity contribution in [3.8, 4) is 0 Å². The van der Waals surface area contributed by atoms with Gasteiger partial charge in [-0.2, -0.15) is 0 Å². The molecule has 2 saturated carbocycles. The summed E-state index contributed by atoms with van der Waals surface area (Å²) in [5.74, 6) is 1.20. The van der Waals surface area contributed by atoms with Gasteiger partial charge < -0.3 is 0 Å². The van der Waals surface area contributed by atoms with Gasteiger partial charge >= 0.3 is 0 Å². The van der Waals surface area contributed by atoms with Crippen LogP contribution in [-0.2, 0) is 9.59 Å². The summed E-state index contributed by atoms with van der Waals surface area (Å²) in [7, 11) is 0. The fourth-order valence-electron chi connectivity index (χ4n) is 3.56. The molecule has 0 saturated heterocycles. The molecule has 15 heavy (non-hydrogen) atoms. The number of carbonyl (C=O) groups excluding carboxylic acids is 2. The third kappa shape index (κ3) is 1.75. The summed E-state index contributed by atoms with van der Waals surface area (Å²) in [6.07, 6.45) is 7.07. The maximum absolute atomic E-state index is 12.1. The van der Waals surface area contributed by atoms with Crippen molar-refractivity contribution in [2.45, 2.75) is 58.3 Å². The maximum Gasteiger partial charge on any atom is 0.139 e. The Morgan fingerprint density at radius 2 is 2.13 bits per heavy atom. The Morgan fingerprint density at radius 3 is 2.87 bits per heavy atom. The highest BCUT2D eigenvalue weighted by Gasteiger charge is 2.48. The van der Waals surface area contributed by atoms with Crippen molar-refractivity contribution in [2.75, 3.05) is 0 Å². The van der Waals surface area contributed by atoms with E-state index in [1.54, 1.807) is 0 Å². The minimum Gasteiger partial charge on any atom is -0.300 e. The van der Waals surface area contributed by atoms with Gasteiger partial charge in [0, 0.05) is 24.7 Å². The van der Waals surface area contributed by atoms with Crippen LogP contribution in [0.5, 0.6) is 0 Å². The lowest BCUT2D eigenvalue weighted by Crippen LogP contribution is -2.45. The SMILES string of the molecule is CCC[C@]12CCC(=O)C[C@H]1CCCC2=O. The standard InChI is InChI=1S/C13H20O2/c1-2-7-13-8-6-11(14)9-10(13)4-3-5-12(13)15/h10H,2-9H2,1H3/t10-,13+/m1/s1. The molecule has 0 aromatic heterocycles. The second-order valence-electron chi connectivity index (χ2n) is 5.16. The molecule has 0 radical (unpaired) electrons. The van der Waals surface area contributed by atoms with Crippen LogP contribution >= 0.6 is 0 Å². The molecule has 0 heterocycles. The third-order valence-corrected chi connectivity index (χ3v) is 4.31. The molecule has 0 bridgehead atoms. The summed E-state index contributed by atoms with van der Waals surface area (Å²) >= 11 is 0. The van der Waals surface area contributed by atoms with E-state index in [1.807, 2.05) is 0 Å². The molecule has 0 aliphatic heterocycles. The molecule has 2 fully saturated rings. The number of rotatable bonds is 2. The summed E-state index contributed by atoms with van der Waals surface area (Å²) < 4.78 is 0. The third-order valence-electron chi connectivity index (χ3n) is 4.31. The van der Waals surface area contributed by atoms with Crippen LogP contribution in [0.3, 0.4) is 0 Å². The number of hydrogen-bond donors (Lipinski definition) is 0. The van der Waals surface area contributed by atoms with Crippen molar-refractivity contribution in [3.05, 3.63) is 0 Å². The number of Topliss-reactive ketones (excluding diaryl/α,β-unsaturated/α-hetero) is 2. The summed E-state index contributed by atoms with van der Waals surface area (Å²) in [6.45, 7) is 2.14. The molecule has 2 heteroatoms. The van der Waals surface area contributed by atoms with Gasteiger partial charge in [0.25, 0.3) is 0 Å². The highest BCUT2D eigenvalue weighted by Crippen LogP contribution is 2.50. The van der Waals surface area contributed by atoms with Crippen LogP contribution in [0.1, 0.15) is 58.3 Å². The molecule has 0 unspecified atom stereocenters. The Hall–Kier alpha value is -0.660. The van der Waals surface area contributed by atoms with Crippen molar-refractivity contribution >= 4 is 11.6 Å². The van der Waals surface area contributed by atoms with Crippen molar-refractivity contribution in [2.24, 2.45) is 11.3 Å². The first-order chi connectivity index (χ1) is 7.19. The maximum atomic E-state index is 12.1. The summed E-state index contributed by atoms with van der Waals surface area (Å²) in [5.41, 5.74) is -0.0963. The zero-order valence-electron chi connectivity index (χ0n) is 9.55. The second-order valence-corrected chi connectivity index (χ2v) is 5.16. The molecular formula is C13H20O2. The van der Waals surface area contributed by atoms with E-state index in [2.05, 4.69) is 6.92 Å². The fourth-order valence-corrected chi connectivity index (χ4v) is 3.56. The number of ketones is 2. The van der Waals surface area contributed by atoms with E-state index >= 15 is 0 Å². The van der Waals surface area contributed by atoms with Crippen LogP contribution in [0, 0.1) is 11.3 Å². The molecule has 2 aliphatic rings. The molecule has 2 nitrogen and oxygen atoms in total. The Balaban J connectivity index is 2.24. The van der Waals surface area contributed by atoms with E-state index in [0.717, 1.165) is 38.5 Å². The van der Waals surface area contributed by atoms with E-state index in [0.29, 0.717) is 30.3 Å². The van der Waals surface area contributed by atoms with Crippen LogP contribution in [-0.4, -0.2) is 11.6 Å². The second kappa shape index (κ2) is 4.07. The van der Waals surface area contributed by atoms with Crippen LogP contribution in [0.25, 0.3) is 0 Å². The van der Waals surface area contributed by atoms with Gasteiger partial charge in [0.05, 0.1) is 0 Å². The van der Waals surface area contributed by atoms with Crippen LogP contribution in [0.4, 0.5) is 0 Å². The molecule has 0 aromatic rings. The van der Waals surface area contributed by atoms with E-state index in [4.69, 9.17) is 0 Å². The van der Waals surface area contributed by atoms with E-state index in [-0.39, 0.29) is 5.41 Å². The average Bonchev–Trinajstić information content (AvgIpc) is 2.21. The minimum atomic E-state index is -0.0963. The lowest BCUT2D eigenvalue weighted by molar-refractivity contribution is -0.142. The van der Waals surface area contributed by atoms with Gasteiger partial charge in [-0.1, -0.05) is 13.3 Å². The van der Waals surface area contributed by atoms with Gasteiger partial charge in [0.15, 0.2) is 0 Å². The summed E-state index contributed by atoms with van der Waals surface area (Å²) in [5, 5.41) is 0. The van der Waals surface area contributed by atoms with Crippen LogP contribution in [0.15, 0.2) is 0 Å². The first-order valence-electron chi connectivity index (χ1n) is 6.24. The minimum absolute atomic E-state index is 0.0963. The van der Waals surface area contributed by atoms with Crippen molar-refractivity contribution in [3.63, 3.8) is 0 Å². The zero-order chi connectivity index (χ0) is 10.9. The molecule has 0 N–H and O–H groups in total. The zero-order valence-corrected chi connectivity index (χ0v) is 9.55. The van der Waals surface area contributed by atoms with Gasteiger partial charge in [-0.3, -0.25) is 9.59 Å². The molecule has 0 amide bonds. The predicted molar refractivity (Wildman–Crippen MR) is 58.5 cm³/mol. The lowest BCUT2D eigenvalue weighted by atomic mass is 9.57. The first kappa shape index (κ1) is 10.8. The first-order valence-corrected chi connectivity index (χ1v) is 6.24. The van der Waals surface area contributed by atoms with Crippen molar-refractivity contribution < 1.29 is 9.59 Å². The highest BCUT2D eigenvalue weighted by atomic mass is 16.1. The van der Waals surface area contributed by atoms with E-state index in [1.165, 1.54) is 0 Å². The number of fused-ring (bicyclic) bond motifs is 1. The molecule has 2 atom stereocenters. The topological polar surface area (TPSA) is 34.1 Å². The monoisotopic (exact) mass is 208 g/mol. The fraction of sp³-hybridized carbons (Fsp3) is 0.846. The molecule has 0 aromatic carbocycles. The highest BCUT2D eigenvalue weighted by molar-refractivity contribution is 5.90. The molecule has 2 aliphatic carbocycles. The Labute approximate surface area is 91.4 Å². The predicted octanol–water partition coefficient (Wildman–Crippen LogP) is 2.90. The van der Waals surface area contributed by atoms with Crippen molar-refractivity contribution in [1.29, 1.82) is 0 Å². The Bertz CT molecular complexity index is 282. The number of carbonyl (C=O) groups is 2. The van der Waals surface area contributed by atoms with Crippen LogP contribution < -0.4 is 0 Å². The largest absolute Gasteiger partial charge is 0.300 e.